The Labute approximate surface area is 147 Å². The average Bonchev–Trinajstić information content (AvgIpc) is 2.61. The molecule has 0 unspecified atom stereocenters. The van der Waals surface area contributed by atoms with Crippen molar-refractivity contribution >= 4 is 17.3 Å². The molecule has 0 fully saturated rings. The van der Waals surface area contributed by atoms with Crippen LogP contribution in [0.1, 0.15) is 0 Å². The minimum Gasteiger partial charge on any atom is -0.493 e. The minimum atomic E-state index is 0.0113. The zero-order valence-electron chi connectivity index (χ0n) is 14.8. The number of hydrogen-bond donors (Lipinski definition) is 3. The van der Waals surface area contributed by atoms with Gasteiger partial charge < -0.3 is 36.1 Å². The van der Waals surface area contributed by atoms with Crippen molar-refractivity contribution in [3.05, 3.63) is 36.4 Å². The quantitative estimate of drug-likeness (QED) is 0.428. The van der Waals surface area contributed by atoms with Gasteiger partial charge in [0, 0.05) is 17.8 Å². The van der Waals surface area contributed by atoms with Crippen molar-refractivity contribution in [1.29, 1.82) is 0 Å². The van der Waals surface area contributed by atoms with Crippen LogP contribution in [0.2, 0.25) is 0 Å². The summed E-state index contributed by atoms with van der Waals surface area (Å²) in [6, 6.07) is 10.4. The van der Waals surface area contributed by atoms with Crippen molar-refractivity contribution in [1.82, 2.24) is 0 Å². The van der Waals surface area contributed by atoms with Gasteiger partial charge in [0.1, 0.15) is 0 Å². The van der Waals surface area contributed by atoms with E-state index in [-0.39, 0.29) is 5.96 Å². The third-order valence-corrected chi connectivity index (χ3v) is 3.03. The fraction of sp³-hybridized carbons (Fsp3) is 0.235. The number of nitrogens with zero attached hydrogens (tertiary/aromatic N) is 1. The molecule has 2 aromatic carbocycles. The summed E-state index contributed by atoms with van der Waals surface area (Å²) in [6.45, 7) is 0. The van der Waals surface area contributed by atoms with Crippen LogP contribution in [0, 0.1) is 0 Å². The first kappa shape index (κ1) is 19.8. The second kappa shape index (κ2) is 9.76. The SMILES string of the molecule is COc1ccc(N)cc1OC.COc1ccc(N=C(N)N)cc1OC. The first-order valence-electron chi connectivity index (χ1n) is 7.24. The molecule has 0 radical (unpaired) electrons. The molecule has 25 heavy (non-hydrogen) atoms. The highest BCUT2D eigenvalue weighted by Crippen LogP contribution is 2.30. The molecule has 0 aromatic heterocycles. The van der Waals surface area contributed by atoms with E-state index in [2.05, 4.69) is 4.99 Å². The Bertz CT molecular complexity index is 716. The van der Waals surface area contributed by atoms with E-state index >= 15 is 0 Å². The molecule has 0 aliphatic carbocycles. The Morgan fingerprint density at radius 1 is 0.720 bits per heavy atom. The van der Waals surface area contributed by atoms with Crippen LogP contribution < -0.4 is 36.1 Å². The predicted molar refractivity (Wildman–Crippen MR) is 99.0 cm³/mol. The van der Waals surface area contributed by atoms with Crippen LogP contribution in [0.25, 0.3) is 0 Å². The molecule has 0 heterocycles. The molecule has 8 nitrogen and oxygen atoms in total. The standard InChI is InChI=1S/C9H13N3O2.C8H11NO2/c1-13-7-4-3-6(12-9(10)11)5-8(7)14-2;1-10-7-4-3-6(9)5-8(7)11-2/h3-5H,1-2H3,(H4,10,11,12);3-5H,9H2,1-2H3. The van der Waals surface area contributed by atoms with Gasteiger partial charge >= 0.3 is 0 Å². The third kappa shape index (κ3) is 6.02. The minimum absolute atomic E-state index is 0.0113. The van der Waals surface area contributed by atoms with Crippen LogP contribution in [0.3, 0.4) is 0 Å². The zero-order chi connectivity index (χ0) is 18.8. The molecule has 0 atom stereocenters. The second-order valence-electron chi connectivity index (χ2n) is 4.69. The lowest BCUT2D eigenvalue weighted by atomic mass is 10.3. The van der Waals surface area contributed by atoms with Crippen LogP contribution in [-0.2, 0) is 0 Å². The molecule has 6 N–H and O–H groups in total. The van der Waals surface area contributed by atoms with Gasteiger partial charge in [-0.05, 0) is 24.3 Å². The van der Waals surface area contributed by atoms with Gasteiger partial charge in [0.15, 0.2) is 29.0 Å². The highest BCUT2D eigenvalue weighted by molar-refractivity contribution is 5.79. The Morgan fingerprint density at radius 2 is 1.20 bits per heavy atom. The summed E-state index contributed by atoms with van der Waals surface area (Å²) in [4.78, 5) is 3.88. The Morgan fingerprint density at radius 3 is 1.68 bits per heavy atom. The maximum Gasteiger partial charge on any atom is 0.191 e. The average molecular weight is 348 g/mol. The van der Waals surface area contributed by atoms with Crippen molar-refractivity contribution in [2.75, 3.05) is 34.2 Å². The Balaban J connectivity index is 0.000000257. The Hall–Kier alpha value is -3.29. The smallest absolute Gasteiger partial charge is 0.191 e. The van der Waals surface area contributed by atoms with Crippen molar-refractivity contribution in [2.45, 2.75) is 0 Å². The van der Waals surface area contributed by atoms with E-state index in [0.717, 1.165) is 0 Å². The molecule has 2 rings (SSSR count). The number of aliphatic imine (C=N–C) groups is 1. The van der Waals surface area contributed by atoms with E-state index in [1.54, 1.807) is 64.8 Å². The molecule has 0 bridgehead atoms. The molecule has 0 aliphatic heterocycles. The van der Waals surface area contributed by atoms with Crippen LogP contribution in [0.5, 0.6) is 23.0 Å². The number of anilines is 1. The van der Waals surface area contributed by atoms with E-state index in [4.69, 9.17) is 36.1 Å². The highest BCUT2D eigenvalue weighted by atomic mass is 16.5. The van der Waals surface area contributed by atoms with E-state index in [1.165, 1.54) is 0 Å². The van der Waals surface area contributed by atoms with Gasteiger partial charge in [-0.15, -0.1) is 0 Å². The molecular weight excluding hydrogens is 324 g/mol. The molecule has 0 saturated heterocycles. The van der Waals surface area contributed by atoms with Gasteiger partial charge in [0.25, 0.3) is 0 Å². The third-order valence-electron chi connectivity index (χ3n) is 3.03. The zero-order valence-corrected chi connectivity index (χ0v) is 14.8. The number of ether oxygens (including phenoxy) is 4. The van der Waals surface area contributed by atoms with Crippen LogP contribution in [0.15, 0.2) is 41.4 Å². The number of rotatable bonds is 5. The molecule has 0 aliphatic rings. The van der Waals surface area contributed by atoms with E-state index < -0.39 is 0 Å². The lowest BCUT2D eigenvalue weighted by Crippen LogP contribution is -2.21. The predicted octanol–water partition coefficient (Wildman–Crippen LogP) is 1.89. The molecule has 0 spiro atoms. The summed E-state index contributed by atoms with van der Waals surface area (Å²) in [7, 11) is 6.29. The maximum absolute atomic E-state index is 5.52. The lowest BCUT2D eigenvalue weighted by Gasteiger charge is -2.07. The maximum atomic E-state index is 5.52. The molecule has 136 valence electrons. The fourth-order valence-electron chi connectivity index (χ4n) is 1.90. The monoisotopic (exact) mass is 348 g/mol. The lowest BCUT2D eigenvalue weighted by molar-refractivity contribution is 0.355. The topological polar surface area (TPSA) is 127 Å². The van der Waals surface area contributed by atoms with E-state index in [9.17, 15) is 0 Å². The van der Waals surface area contributed by atoms with Gasteiger partial charge in [-0.3, -0.25) is 0 Å². The summed E-state index contributed by atoms with van der Waals surface area (Å²) in [5.74, 6) is 2.60. The molecule has 0 amide bonds. The Kier molecular flexibility index (Phi) is 7.71. The first-order chi connectivity index (χ1) is 11.9. The summed E-state index contributed by atoms with van der Waals surface area (Å²) in [6.07, 6.45) is 0. The van der Waals surface area contributed by atoms with Gasteiger partial charge in [-0.1, -0.05) is 0 Å². The van der Waals surface area contributed by atoms with Crippen molar-refractivity contribution in [3.63, 3.8) is 0 Å². The molecular formula is C17H24N4O4. The van der Waals surface area contributed by atoms with Crippen molar-refractivity contribution in [3.8, 4) is 23.0 Å². The number of nitrogens with two attached hydrogens (primary N) is 3. The van der Waals surface area contributed by atoms with Gasteiger partial charge in [-0.25, -0.2) is 4.99 Å². The summed E-state index contributed by atoms with van der Waals surface area (Å²) in [5.41, 5.74) is 17.3. The fourth-order valence-corrected chi connectivity index (χ4v) is 1.90. The molecule has 2 aromatic rings. The van der Waals surface area contributed by atoms with Crippen LogP contribution >= 0.6 is 0 Å². The van der Waals surface area contributed by atoms with Gasteiger partial charge in [0.2, 0.25) is 0 Å². The largest absolute Gasteiger partial charge is 0.493 e. The first-order valence-corrected chi connectivity index (χ1v) is 7.24. The number of methoxy groups -OCH3 is 4. The van der Waals surface area contributed by atoms with Crippen molar-refractivity contribution in [2.24, 2.45) is 16.5 Å². The summed E-state index contributed by atoms with van der Waals surface area (Å²) in [5, 5.41) is 0. The van der Waals surface area contributed by atoms with Gasteiger partial charge in [-0.2, -0.15) is 0 Å². The molecule has 0 saturated carbocycles. The molecule has 8 heteroatoms. The number of benzene rings is 2. The number of hydrogen-bond acceptors (Lipinski definition) is 6. The van der Waals surface area contributed by atoms with Crippen LogP contribution in [0.4, 0.5) is 11.4 Å². The van der Waals surface area contributed by atoms with Crippen molar-refractivity contribution < 1.29 is 18.9 Å². The number of nitrogen functional groups attached to an aromatic ring is 1. The van der Waals surface area contributed by atoms with E-state index in [1.807, 2.05) is 0 Å². The van der Waals surface area contributed by atoms with E-state index in [0.29, 0.717) is 34.4 Å². The normalized spacial score (nSPS) is 9.28. The highest BCUT2D eigenvalue weighted by Gasteiger charge is 2.03. The van der Waals surface area contributed by atoms with Crippen LogP contribution in [-0.4, -0.2) is 34.4 Å². The summed E-state index contributed by atoms with van der Waals surface area (Å²) < 4.78 is 20.2. The van der Waals surface area contributed by atoms with Gasteiger partial charge in [0.05, 0.1) is 34.1 Å². The second-order valence-corrected chi connectivity index (χ2v) is 4.69. The number of guanidine groups is 1. The summed E-state index contributed by atoms with van der Waals surface area (Å²) >= 11 is 0.